The molecular formula is C14H21N3O2. The van der Waals surface area contributed by atoms with Crippen molar-refractivity contribution in [3.05, 3.63) is 30.1 Å². The molecule has 0 radical (unpaired) electrons. The molecule has 1 aromatic heterocycles. The van der Waals surface area contributed by atoms with Gasteiger partial charge >= 0.3 is 0 Å². The van der Waals surface area contributed by atoms with Gasteiger partial charge in [-0.05, 0) is 12.1 Å². The molecule has 104 valence electrons. The van der Waals surface area contributed by atoms with Crippen LogP contribution in [0.15, 0.2) is 24.3 Å². The zero-order valence-corrected chi connectivity index (χ0v) is 11.5. The fourth-order valence-corrected chi connectivity index (χ4v) is 2.18. The van der Waals surface area contributed by atoms with Crippen LogP contribution in [0.4, 0.5) is 0 Å². The van der Waals surface area contributed by atoms with Crippen LogP contribution in [-0.2, 0) is 22.4 Å². The second-order valence-electron chi connectivity index (χ2n) is 4.46. The van der Waals surface area contributed by atoms with E-state index in [-0.39, 0.29) is 6.10 Å². The van der Waals surface area contributed by atoms with Crippen LogP contribution in [0.1, 0.15) is 5.82 Å². The fourth-order valence-electron chi connectivity index (χ4n) is 2.18. The molecule has 2 rings (SSSR count). The van der Waals surface area contributed by atoms with E-state index in [1.807, 2.05) is 18.2 Å². The highest BCUT2D eigenvalue weighted by Crippen LogP contribution is 2.17. The SMILES string of the molecule is COCCn1c(CC(CN)OC)nc2ccccc21. The maximum absolute atomic E-state index is 5.69. The fraction of sp³-hybridized carbons (Fsp3) is 0.500. The summed E-state index contributed by atoms with van der Waals surface area (Å²) in [5, 5.41) is 0. The van der Waals surface area contributed by atoms with E-state index in [0.717, 1.165) is 23.4 Å². The molecule has 5 nitrogen and oxygen atoms in total. The standard InChI is InChI=1S/C14H21N3O2/c1-18-8-7-17-13-6-4-3-5-12(13)16-14(17)9-11(10-15)19-2/h3-6,11H,7-10,15H2,1-2H3. The average molecular weight is 263 g/mol. The predicted octanol–water partition coefficient (Wildman–Crippen LogP) is 1.20. The Morgan fingerprint density at radius 2 is 2.11 bits per heavy atom. The predicted molar refractivity (Wildman–Crippen MR) is 75.2 cm³/mol. The molecule has 1 atom stereocenters. The molecule has 0 bridgehead atoms. The normalized spacial score (nSPS) is 13.0. The lowest BCUT2D eigenvalue weighted by Crippen LogP contribution is -2.26. The van der Waals surface area contributed by atoms with E-state index in [0.29, 0.717) is 19.6 Å². The van der Waals surface area contributed by atoms with Crippen molar-refractivity contribution in [1.29, 1.82) is 0 Å². The number of hydrogen-bond acceptors (Lipinski definition) is 4. The summed E-state index contributed by atoms with van der Waals surface area (Å²) < 4.78 is 12.7. The van der Waals surface area contributed by atoms with Crippen molar-refractivity contribution in [3.8, 4) is 0 Å². The van der Waals surface area contributed by atoms with Crippen LogP contribution in [0.5, 0.6) is 0 Å². The Kier molecular flexibility index (Phi) is 4.90. The van der Waals surface area contributed by atoms with Gasteiger partial charge in [0.25, 0.3) is 0 Å². The van der Waals surface area contributed by atoms with E-state index >= 15 is 0 Å². The Morgan fingerprint density at radius 3 is 2.79 bits per heavy atom. The lowest BCUT2D eigenvalue weighted by atomic mass is 10.2. The number of ether oxygens (including phenoxy) is 2. The molecule has 2 N–H and O–H groups in total. The highest BCUT2D eigenvalue weighted by Gasteiger charge is 2.14. The third kappa shape index (κ3) is 3.12. The number of benzene rings is 1. The summed E-state index contributed by atoms with van der Waals surface area (Å²) in [6.45, 7) is 1.94. The van der Waals surface area contributed by atoms with Gasteiger partial charge in [0.15, 0.2) is 0 Å². The molecule has 0 spiro atoms. The first kappa shape index (κ1) is 14.0. The third-order valence-electron chi connectivity index (χ3n) is 3.26. The molecule has 0 saturated heterocycles. The number of rotatable bonds is 7. The van der Waals surface area contributed by atoms with Gasteiger partial charge in [-0.1, -0.05) is 12.1 Å². The van der Waals surface area contributed by atoms with Crippen LogP contribution in [0.25, 0.3) is 11.0 Å². The quantitative estimate of drug-likeness (QED) is 0.815. The van der Waals surface area contributed by atoms with Crippen LogP contribution < -0.4 is 5.73 Å². The summed E-state index contributed by atoms with van der Waals surface area (Å²) in [7, 11) is 3.39. The molecule has 5 heteroatoms. The number of imidazole rings is 1. The largest absolute Gasteiger partial charge is 0.383 e. The van der Waals surface area contributed by atoms with E-state index in [2.05, 4.69) is 15.6 Å². The second kappa shape index (κ2) is 6.65. The monoisotopic (exact) mass is 263 g/mol. The maximum atomic E-state index is 5.69. The van der Waals surface area contributed by atoms with E-state index < -0.39 is 0 Å². The van der Waals surface area contributed by atoms with Gasteiger partial charge in [0.1, 0.15) is 5.82 Å². The minimum absolute atomic E-state index is 0.00175. The van der Waals surface area contributed by atoms with Crippen molar-refractivity contribution >= 4 is 11.0 Å². The van der Waals surface area contributed by atoms with Crippen LogP contribution in [-0.4, -0.2) is 43.0 Å². The van der Waals surface area contributed by atoms with Gasteiger partial charge in [0, 0.05) is 33.7 Å². The molecule has 19 heavy (non-hydrogen) atoms. The van der Waals surface area contributed by atoms with Gasteiger partial charge in [-0.15, -0.1) is 0 Å². The summed E-state index contributed by atoms with van der Waals surface area (Å²) >= 11 is 0. The molecule has 0 amide bonds. The Morgan fingerprint density at radius 1 is 1.32 bits per heavy atom. The van der Waals surface area contributed by atoms with Crippen molar-refractivity contribution in [2.45, 2.75) is 19.1 Å². The van der Waals surface area contributed by atoms with Gasteiger partial charge in [-0.3, -0.25) is 0 Å². The highest BCUT2D eigenvalue weighted by molar-refractivity contribution is 5.75. The Labute approximate surface area is 113 Å². The molecule has 0 saturated carbocycles. The zero-order valence-electron chi connectivity index (χ0n) is 11.5. The molecule has 2 aromatic rings. The van der Waals surface area contributed by atoms with Gasteiger partial charge in [-0.2, -0.15) is 0 Å². The van der Waals surface area contributed by atoms with Crippen molar-refractivity contribution in [3.63, 3.8) is 0 Å². The third-order valence-corrected chi connectivity index (χ3v) is 3.26. The number of para-hydroxylation sites is 2. The van der Waals surface area contributed by atoms with Crippen LogP contribution in [0.3, 0.4) is 0 Å². The molecule has 1 aromatic carbocycles. The summed E-state index contributed by atoms with van der Waals surface area (Å²) in [4.78, 5) is 4.67. The number of nitrogens with zero attached hydrogens (tertiary/aromatic N) is 2. The van der Waals surface area contributed by atoms with Gasteiger partial charge in [0.2, 0.25) is 0 Å². The van der Waals surface area contributed by atoms with Crippen molar-refractivity contribution in [1.82, 2.24) is 9.55 Å². The van der Waals surface area contributed by atoms with E-state index in [1.165, 1.54) is 0 Å². The maximum Gasteiger partial charge on any atom is 0.112 e. The minimum atomic E-state index is -0.00175. The first-order chi connectivity index (χ1) is 9.30. The molecule has 0 fully saturated rings. The second-order valence-corrected chi connectivity index (χ2v) is 4.46. The van der Waals surface area contributed by atoms with Crippen LogP contribution >= 0.6 is 0 Å². The first-order valence-corrected chi connectivity index (χ1v) is 6.46. The summed E-state index contributed by atoms with van der Waals surface area (Å²) in [6, 6.07) is 8.11. The van der Waals surface area contributed by atoms with E-state index in [1.54, 1.807) is 14.2 Å². The van der Waals surface area contributed by atoms with Crippen molar-refractivity contribution < 1.29 is 9.47 Å². The van der Waals surface area contributed by atoms with Gasteiger partial charge < -0.3 is 19.8 Å². The van der Waals surface area contributed by atoms with Crippen molar-refractivity contribution in [2.75, 3.05) is 27.4 Å². The van der Waals surface area contributed by atoms with Crippen LogP contribution in [0.2, 0.25) is 0 Å². The molecule has 0 aliphatic heterocycles. The lowest BCUT2D eigenvalue weighted by molar-refractivity contribution is 0.107. The van der Waals surface area contributed by atoms with Crippen molar-refractivity contribution in [2.24, 2.45) is 5.73 Å². The van der Waals surface area contributed by atoms with E-state index in [9.17, 15) is 0 Å². The summed E-state index contributed by atoms with van der Waals surface area (Å²) in [5.41, 5.74) is 7.82. The topological polar surface area (TPSA) is 62.3 Å². The molecule has 1 heterocycles. The molecular weight excluding hydrogens is 242 g/mol. The number of hydrogen-bond donors (Lipinski definition) is 1. The Hall–Kier alpha value is -1.43. The molecule has 1 unspecified atom stereocenters. The summed E-state index contributed by atoms with van der Waals surface area (Å²) in [6.07, 6.45) is 0.712. The Bertz CT molecular complexity index is 520. The van der Waals surface area contributed by atoms with Gasteiger partial charge in [-0.25, -0.2) is 4.98 Å². The van der Waals surface area contributed by atoms with E-state index in [4.69, 9.17) is 15.2 Å². The number of fused-ring (bicyclic) bond motifs is 1. The lowest BCUT2D eigenvalue weighted by Gasteiger charge is -2.14. The molecule has 0 aliphatic carbocycles. The molecule has 0 aliphatic rings. The average Bonchev–Trinajstić information content (AvgIpc) is 2.79. The minimum Gasteiger partial charge on any atom is -0.383 e. The number of aromatic nitrogens is 2. The number of methoxy groups -OCH3 is 2. The number of nitrogens with two attached hydrogens (primary N) is 1. The first-order valence-electron chi connectivity index (χ1n) is 6.46. The zero-order chi connectivity index (χ0) is 13.7. The summed E-state index contributed by atoms with van der Waals surface area (Å²) in [5.74, 6) is 0.996. The highest BCUT2D eigenvalue weighted by atomic mass is 16.5. The van der Waals surface area contributed by atoms with Crippen LogP contribution in [0, 0.1) is 0 Å². The Balaban J connectivity index is 2.34. The smallest absolute Gasteiger partial charge is 0.112 e. The van der Waals surface area contributed by atoms with Gasteiger partial charge in [0.05, 0.1) is 23.7 Å².